The van der Waals surface area contributed by atoms with Crippen LogP contribution in [0.1, 0.15) is 0 Å². The lowest BCUT2D eigenvalue weighted by Gasteiger charge is -2.06. The number of anilines is 2. The van der Waals surface area contributed by atoms with E-state index in [-0.39, 0.29) is 11.4 Å². The number of nitrogens with two attached hydrogens (primary N) is 1. The van der Waals surface area contributed by atoms with E-state index in [0.717, 1.165) is 12.1 Å². The van der Waals surface area contributed by atoms with Crippen molar-refractivity contribution in [3.05, 3.63) is 36.4 Å². The molecular weight excluding hydrogens is 174 g/mol. The summed E-state index contributed by atoms with van der Waals surface area (Å²) in [5, 5.41) is 2.53. The Morgan fingerprint density at radius 3 is 2.38 bits per heavy atom. The minimum absolute atomic E-state index is 0.0687. The van der Waals surface area contributed by atoms with Crippen LogP contribution in [0, 0.1) is 11.6 Å². The molecule has 4 heteroatoms. The van der Waals surface area contributed by atoms with Gasteiger partial charge in [0, 0.05) is 12.2 Å². The zero-order chi connectivity index (χ0) is 9.84. The summed E-state index contributed by atoms with van der Waals surface area (Å²) >= 11 is 0. The molecule has 0 fully saturated rings. The summed E-state index contributed by atoms with van der Waals surface area (Å²) < 4.78 is 26.0. The first-order valence-corrected chi connectivity index (χ1v) is 3.74. The molecule has 70 valence electrons. The Kier molecular flexibility index (Phi) is 2.84. The highest BCUT2D eigenvalue weighted by Crippen LogP contribution is 2.21. The quantitative estimate of drug-likeness (QED) is 0.558. The number of benzene rings is 1. The van der Waals surface area contributed by atoms with Crippen LogP contribution in [0.2, 0.25) is 0 Å². The molecule has 0 saturated heterocycles. The van der Waals surface area contributed by atoms with Crippen LogP contribution in [0.15, 0.2) is 24.8 Å². The van der Waals surface area contributed by atoms with Crippen LogP contribution in [0.3, 0.4) is 0 Å². The van der Waals surface area contributed by atoms with E-state index >= 15 is 0 Å². The standard InChI is InChI=1S/C9H10F2N2/c1-2-3-13-9-7(10)4-6(12)5-8(9)11/h2,4-5,13H,1,3,12H2. The van der Waals surface area contributed by atoms with E-state index in [0.29, 0.717) is 6.54 Å². The second-order valence-electron chi connectivity index (χ2n) is 2.53. The van der Waals surface area contributed by atoms with Crippen molar-refractivity contribution >= 4 is 11.4 Å². The summed E-state index contributed by atoms with van der Waals surface area (Å²) in [6.45, 7) is 3.72. The van der Waals surface area contributed by atoms with Gasteiger partial charge in [-0.1, -0.05) is 6.08 Å². The van der Waals surface area contributed by atoms with Crippen LogP contribution in [0.5, 0.6) is 0 Å². The highest BCUT2D eigenvalue weighted by Gasteiger charge is 2.08. The lowest BCUT2D eigenvalue weighted by atomic mass is 10.2. The third kappa shape index (κ3) is 2.18. The molecule has 1 aromatic carbocycles. The molecule has 0 heterocycles. The molecule has 1 rings (SSSR count). The van der Waals surface area contributed by atoms with Gasteiger partial charge >= 0.3 is 0 Å². The molecule has 0 radical (unpaired) electrons. The fourth-order valence-corrected chi connectivity index (χ4v) is 0.936. The Bertz CT molecular complexity index is 300. The van der Waals surface area contributed by atoms with Crippen molar-refractivity contribution in [1.82, 2.24) is 0 Å². The van der Waals surface area contributed by atoms with E-state index in [1.165, 1.54) is 6.08 Å². The van der Waals surface area contributed by atoms with Gasteiger partial charge in [-0.2, -0.15) is 0 Å². The van der Waals surface area contributed by atoms with Crippen LogP contribution in [-0.4, -0.2) is 6.54 Å². The van der Waals surface area contributed by atoms with E-state index in [2.05, 4.69) is 11.9 Å². The van der Waals surface area contributed by atoms with Gasteiger partial charge in [-0.25, -0.2) is 8.78 Å². The Labute approximate surface area is 75.1 Å². The minimum atomic E-state index is -0.695. The third-order valence-electron chi connectivity index (χ3n) is 1.49. The summed E-state index contributed by atoms with van der Waals surface area (Å²) in [5.41, 5.74) is 5.13. The maximum Gasteiger partial charge on any atom is 0.151 e. The SMILES string of the molecule is C=CCNc1c(F)cc(N)cc1F. The molecule has 0 aromatic heterocycles. The van der Waals surface area contributed by atoms with Crippen molar-refractivity contribution in [2.45, 2.75) is 0 Å². The van der Waals surface area contributed by atoms with Crippen molar-refractivity contribution < 1.29 is 8.78 Å². The monoisotopic (exact) mass is 184 g/mol. The van der Waals surface area contributed by atoms with Crippen molar-refractivity contribution in [3.63, 3.8) is 0 Å². The number of nitrogens with one attached hydrogen (secondary N) is 1. The Morgan fingerprint density at radius 2 is 1.92 bits per heavy atom. The van der Waals surface area contributed by atoms with E-state index in [9.17, 15) is 8.78 Å². The molecule has 0 amide bonds. The smallest absolute Gasteiger partial charge is 0.151 e. The molecule has 0 spiro atoms. The van der Waals surface area contributed by atoms with Crippen LogP contribution in [0.25, 0.3) is 0 Å². The van der Waals surface area contributed by atoms with Gasteiger partial charge < -0.3 is 11.1 Å². The molecule has 0 saturated carbocycles. The van der Waals surface area contributed by atoms with E-state index in [4.69, 9.17) is 5.73 Å². The van der Waals surface area contributed by atoms with Crippen molar-refractivity contribution in [2.24, 2.45) is 0 Å². The minimum Gasteiger partial charge on any atom is -0.399 e. The maximum absolute atomic E-state index is 13.0. The van der Waals surface area contributed by atoms with E-state index < -0.39 is 11.6 Å². The molecule has 0 bridgehead atoms. The average Bonchev–Trinajstić information content (AvgIpc) is 2.02. The molecule has 0 aliphatic carbocycles. The first kappa shape index (κ1) is 9.51. The zero-order valence-electron chi connectivity index (χ0n) is 6.98. The van der Waals surface area contributed by atoms with Crippen molar-refractivity contribution in [1.29, 1.82) is 0 Å². The van der Waals surface area contributed by atoms with E-state index in [1.807, 2.05) is 0 Å². The highest BCUT2D eigenvalue weighted by atomic mass is 19.1. The third-order valence-corrected chi connectivity index (χ3v) is 1.49. The van der Waals surface area contributed by atoms with Gasteiger partial charge in [0.25, 0.3) is 0 Å². The molecule has 2 nitrogen and oxygen atoms in total. The average molecular weight is 184 g/mol. The summed E-state index contributed by atoms with van der Waals surface area (Å²) in [4.78, 5) is 0. The molecule has 13 heavy (non-hydrogen) atoms. The Balaban J connectivity index is 2.98. The predicted octanol–water partition coefficient (Wildman–Crippen LogP) is 2.14. The summed E-state index contributed by atoms with van der Waals surface area (Å²) in [7, 11) is 0. The Hall–Kier alpha value is -1.58. The number of nitrogen functional groups attached to an aromatic ring is 1. The summed E-state index contributed by atoms with van der Waals surface area (Å²) in [6.07, 6.45) is 1.51. The van der Waals surface area contributed by atoms with Crippen LogP contribution in [0.4, 0.5) is 20.2 Å². The number of rotatable bonds is 3. The molecule has 3 N–H and O–H groups in total. The normalized spacial score (nSPS) is 9.69. The first-order chi connectivity index (χ1) is 6.15. The fraction of sp³-hybridized carbons (Fsp3) is 0.111. The molecule has 0 atom stereocenters. The molecule has 0 unspecified atom stereocenters. The van der Waals surface area contributed by atoms with Crippen LogP contribution >= 0.6 is 0 Å². The first-order valence-electron chi connectivity index (χ1n) is 3.74. The topological polar surface area (TPSA) is 38.0 Å². The largest absolute Gasteiger partial charge is 0.399 e. The maximum atomic E-state index is 13.0. The van der Waals surface area contributed by atoms with Gasteiger partial charge in [-0.3, -0.25) is 0 Å². The van der Waals surface area contributed by atoms with E-state index in [1.54, 1.807) is 0 Å². The number of hydrogen-bond acceptors (Lipinski definition) is 2. The van der Waals surface area contributed by atoms with Gasteiger partial charge in [0.15, 0.2) is 11.6 Å². The Morgan fingerprint density at radius 1 is 1.38 bits per heavy atom. The lowest BCUT2D eigenvalue weighted by molar-refractivity contribution is 0.590. The second kappa shape index (κ2) is 3.89. The van der Waals surface area contributed by atoms with Gasteiger partial charge in [0.2, 0.25) is 0 Å². The van der Waals surface area contributed by atoms with Gasteiger partial charge in [0.1, 0.15) is 5.69 Å². The number of hydrogen-bond donors (Lipinski definition) is 2. The van der Waals surface area contributed by atoms with Crippen molar-refractivity contribution in [2.75, 3.05) is 17.6 Å². The predicted molar refractivity (Wildman–Crippen MR) is 49.5 cm³/mol. The summed E-state index contributed by atoms with van der Waals surface area (Å²) in [6, 6.07) is 2.13. The second-order valence-corrected chi connectivity index (χ2v) is 2.53. The lowest BCUT2D eigenvalue weighted by Crippen LogP contribution is -2.04. The molecular formula is C9H10F2N2. The van der Waals surface area contributed by atoms with Gasteiger partial charge in [-0.05, 0) is 12.1 Å². The fourth-order valence-electron chi connectivity index (χ4n) is 0.936. The molecule has 0 aliphatic heterocycles. The highest BCUT2D eigenvalue weighted by molar-refractivity contribution is 5.54. The van der Waals surface area contributed by atoms with Crippen LogP contribution < -0.4 is 11.1 Å². The number of halogens is 2. The molecule has 1 aromatic rings. The van der Waals surface area contributed by atoms with Crippen molar-refractivity contribution in [3.8, 4) is 0 Å². The van der Waals surface area contributed by atoms with Gasteiger partial charge in [0.05, 0.1) is 0 Å². The van der Waals surface area contributed by atoms with Gasteiger partial charge in [-0.15, -0.1) is 6.58 Å². The summed E-state index contributed by atoms with van der Waals surface area (Å²) in [5.74, 6) is -1.39. The zero-order valence-corrected chi connectivity index (χ0v) is 6.98. The van der Waals surface area contributed by atoms with Crippen LogP contribution in [-0.2, 0) is 0 Å². The molecule has 0 aliphatic rings.